The summed E-state index contributed by atoms with van der Waals surface area (Å²) in [5, 5.41) is 14.2. The van der Waals surface area contributed by atoms with Gasteiger partial charge in [0.1, 0.15) is 34.7 Å². The Bertz CT molecular complexity index is 693. The van der Waals surface area contributed by atoms with E-state index in [0.717, 1.165) is 0 Å². The molecular formula is C15H14F2N2O4. The zero-order chi connectivity index (χ0) is 17.0. The van der Waals surface area contributed by atoms with Gasteiger partial charge in [0.2, 0.25) is 5.91 Å². The number of phenolic OH excluding ortho intramolecular Hbond substituents is 1. The second kappa shape index (κ2) is 6.91. The monoisotopic (exact) mass is 324 g/mol. The SMILES string of the molecule is CC(NC(=O)c1c(O)cc(F)cc1F)C(=O)NCc1ccco1. The maximum Gasteiger partial charge on any atom is 0.258 e. The Morgan fingerprint density at radius 1 is 1.35 bits per heavy atom. The van der Waals surface area contributed by atoms with Crippen molar-refractivity contribution in [2.45, 2.75) is 19.5 Å². The van der Waals surface area contributed by atoms with Crippen LogP contribution in [0.3, 0.4) is 0 Å². The highest BCUT2D eigenvalue weighted by Gasteiger charge is 2.22. The van der Waals surface area contributed by atoms with Crippen LogP contribution >= 0.6 is 0 Å². The van der Waals surface area contributed by atoms with E-state index in [1.165, 1.54) is 13.2 Å². The molecule has 1 unspecified atom stereocenters. The molecule has 0 aliphatic carbocycles. The second-order valence-electron chi connectivity index (χ2n) is 4.77. The molecule has 0 bridgehead atoms. The Labute approximate surface area is 130 Å². The minimum Gasteiger partial charge on any atom is -0.507 e. The minimum atomic E-state index is -1.22. The minimum absolute atomic E-state index is 0.127. The highest BCUT2D eigenvalue weighted by molar-refractivity contribution is 5.99. The predicted octanol–water partition coefficient (Wildman–Crippen LogP) is 1.70. The number of hydrogen-bond donors (Lipinski definition) is 3. The molecule has 23 heavy (non-hydrogen) atoms. The molecule has 1 atom stereocenters. The van der Waals surface area contributed by atoms with Gasteiger partial charge in [-0.05, 0) is 19.1 Å². The Morgan fingerprint density at radius 3 is 2.70 bits per heavy atom. The van der Waals surface area contributed by atoms with Crippen molar-refractivity contribution >= 4 is 11.8 Å². The summed E-state index contributed by atoms with van der Waals surface area (Å²) in [6.07, 6.45) is 1.45. The van der Waals surface area contributed by atoms with Crippen LogP contribution in [0.1, 0.15) is 23.0 Å². The number of amides is 2. The van der Waals surface area contributed by atoms with Crippen molar-refractivity contribution in [3.05, 3.63) is 53.5 Å². The van der Waals surface area contributed by atoms with E-state index >= 15 is 0 Å². The van der Waals surface area contributed by atoms with Crippen LogP contribution in [0.5, 0.6) is 5.75 Å². The van der Waals surface area contributed by atoms with Crippen molar-refractivity contribution in [1.29, 1.82) is 0 Å². The second-order valence-corrected chi connectivity index (χ2v) is 4.77. The van der Waals surface area contributed by atoms with Crippen molar-refractivity contribution in [3.8, 4) is 5.75 Å². The molecule has 0 saturated carbocycles. The van der Waals surface area contributed by atoms with E-state index in [1.807, 2.05) is 0 Å². The predicted molar refractivity (Wildman–Crippen MR) is 75.5 cm³/mol. The molecular weight excluding hydrogens is 310 g/mol. The third-order valence-corrected chi connectivity index (χ3v) is 3.02. The van der Waals surface area contributed by atoms with Gasteiger partial charge in [0.05, 0.1) is 12.8 Å². The van der Waals surface area contributed by atoms with Gasteiger partial charge >= 0.3 is 0 Å². The number of furan rings is 1. The highest BCUT2D eigenvalue weighted by Crippen LogP contribution is 2.21. The number of carbonyl (C=O) groups is 2. The molecule has 122 valence electrons. The fourth-order valence-corrected chi connectivity index (χ4v) is 1.86. The largest absolute Gasteiger partial charge is 0.507 e. The van der Waals surface area contributed by atoms with Gasteiger partial charge in [-0.2, -0.15) is 0 Å². The lowest BCUT2D eigenvalue weighted by Gasteiger charge is -2.14. The zero-order valence-corrected chi connectivity index (χ0v) is 12.1. The third kappa shape index (κ3) is 4.06. The van der Waals surface area contributed by atoms with Crippen molar-refractivity contribution in [2.24, 2.45) is 0 Å². The van der Waals surface area contributed by atoms with E-state index in [-0.39, 0.29) is 6.54 Å². The first-order valence-electron chi connectivity index (χ1n) is 6.67. The van der Waals surface area contributed by atoms with Crippen LogP contribution in [0.4, 0.5) is 8.78 Å². The molecule has 0 saturated heterocycles. The first-order chi connectivity index (χ1) is 10.9. The molecule has 6 nitrogen and oxygen atoms in total. The fourth-order valence-electron chi connectivity index (χ4n) is 1.86. The number of phenols is 1. The number of benzene rings is 1. The van der Waals surface area contributed by atoms with E-state index in [2.05, 4.69) is 10.6 Å². The lowest BCUT2D eigenvalue weighted by molar-refractivity contribution is -0.122. The van der Waals surface area contributed by atoms with Crippen LogP contribution in [0, 0.1) is 11.6 Å². The fraction of sp³-hybridized carbons (Fsp3) is 0.200. The van der Waals surface area contributed by atoms with Crippen LogP contribution in [-0.4, -0.2) is 23.0 Å². The first-order valence-corrected chi connectivity index (χ1v) is 6.67. The van der Waals surface area contributed by atoms with Gasteiger partial charge in [-0.15, -0.1) is 0 Å². The molecule has 1 aromatic carbocycles. The summed E-state index contributed by atoms with van der Waals surface area (Å²) in [6.45, 7) is 1.51. The quantitative estimate of drug-likeness (QED) is 0.780. The Balaban J connectivity index is 1.98. The van der Waals surface area contributed by atoms with Crippen molar-refractivity contribution in [1.82, 2.24) is 10.6 Å². The molecule has 0 radical (unpaired) electrons. The molecule has 0 fully saturated rings. The van der Waals surface area contributed by atoms with Gasteiger partial charge in [-0.1, -0.05) is 0 Å². The summed E-state index contributed by atoms with van der Waals surface area (Å²) in [6, 6.07) is 3.40. The van der Waals surface area contributed by atoms with Gasteiger partial charge < -0.3 is 20.2 Å². The van der Waals surface area contributed by atoms with Gasteiger partial charge in [0.15, 0.2) is 0 Å². The average molecular weight is 324 g/mol. The smallest absolute Gasteiger partial charge is 0.258 e. The maximum absolute atomic E-state index is 13.6. The number of carbonyl (C=O) groups excluding carboxylic acids is 2. The van der Waals surface area contributed by atoms with Gasteiger partial charge in [-0.25, -0.2) is 8.78 Å². The lowest BCUT2D eigenvalue weighted by Crippen LogP contribution is -2.44. The van der Waals surface area contributed by atoms with E-state index < -0.39 is 40.8 Å². The topological polar surface area (TPSA) is 91.6 Å². The van der Waals surface area contributed by atoms with Crippen LogP contribution in [0.2, 0.25) is 0 Å². The number of hydrogen-bond acceptors (Lipinski definition) is 4. The number of halogens is 2. The molecule has 0 aliphatic rings. The Morgan fingerprint density at radius 2 is 2.09 bits per heavy atom. The molecule has 1 aromatic heterocycles. The molecule has 0 spiro atoms. The van der Waals surface area contributed by atoms with Crippen molar-refractivity contribution < 1.29 is 27.9 Å². The van der Waals surface area contributed by atoms with Crippen molar-refractivity contribution in [2.75, 3.05) is 0 Å². The molecule has 3 N–H and O–H groups in total. The molecule has 0 aliphatic heterocycles. The summed E-state index contributed by atoms with van der Waals surface area (Å²) < 4.78 is 31.5. The summed E-state index contributed by atoms with van der Waals surface area (Å²) in [7, 11) is 0. The highest BCUT2D eigenvalue weighted by atomic mass is 19.1. The normalized spacial score (nSPS) is 11.8. The van der Waals surface area contributed by atoms with Crippen LogP contribution in [0.15, 0.2) is 34.9 Å². The molecule has 2 rings (SSSR count). The average Bonchev–Trinajstić information content (AvgIpc) is 2.96. The van der Waals surface area contributed by atoms with E-state index in [0.29, 0.717) is 17.9 Å². The summed E-state index contributed by atoms with van der Waals surface area (Å²) in [5.41, 5.74) is -0.725. The molecule has 8 heteroatoms. The van der Waals surface area contributed by atoms with E-state index in [4.69, 9.17) is 4.42 Å². The van der Waals surface area contributed by atoms with Crippen LogP contribution < -0.4 is 10.6 Å². The van der Waals surface area contributed by atoms with E-state index in [9.17, 15) is 23.5 Å². The zero-order valence-electron chi connectivity index (χ0n) is 12.1. The lowest BCUT2D eigenvalue weighted by atomic mass is 10.1. The van der Waals surface area contributed by atoms with E-state index in [1.54, 1.807) is 12.1 Å². The summed E-state index contributed by atoms with van der Waals surface area (Å²) in [5.74, 6) is -4.11. The van der Waals surface area contributed by atoms with Gasteiger partial charge in [0, 0.05) is 12.1 Å². The van der Waals surface area contributed by atoms with Gasteiger partial charge in [-0.3, -0.25) is 9.59 Å². The number of aromatic hydroxyl groups is 1. The maximum atomic E-state index is 13.6. The number of rotatable bonds is 5. The van der Waals surface area contributed by atoms with Gasteiger partial charge in [0.25, 0.3) is 5.91 Å². The molecule has 2 aromatic rings. The number of nitrogens with one attached hydrogen (secondary N) is 2. The van der Waals surface area contributed by atoms with Crippen LogP contribution in [-0.2, 0) is 11.3 Å². The van der Waals surface area contributed by atoms with Crippen LogP contribution in [0.25, 0.3) is 0 Å². The standard InChI is InChI=1S/C15H14F2N2O4/c1-8(14(21)18-7-10-3-2-4-23-10)19-15(22)13-11(17)5-9(16)6-12(13)20/h2-6,8,20H,7H2,1H3,(H,18,21)(H,19,22). The summed E-state index contributed by atoms with van der Waals surface area (Å²) >= 11 is 0. The summed E-state index contributed by atoms with van der Waals surface area (Å²) in [4.78, 5) is 23.8. The first kappa shape index (κ1) is 16.5. The third-order valence-electron chi connectivity index (χ3n) is 3.02. The molecule has 2 amide bonds. The molecule has 1 heterocycles. The Kier molecular flexibility index (Phi) is 4.95. The van der Waals surface area contributed by atoms with Crippen molar-refractivity contribution in [3.63, 3.8) is 0 Å². The Hall–Kier alpha value is -2.90.